The van der Waals surface area contributed by atoms with E-state index in [4.69, 9.17) is 0 Å². The van der Waals surface area contributed by atoms with Crippen molar-refractivity contribution in [1.29, 1.82) is 0 Å². The van der Waals surface area contributed by atoms with E-state index < -0.39 is 5.41 Å². The van der Waals surface area contributed by atoms with E-state index in [0.29, 0.717) is 0 Å². The summed E-state index contributed by atoms with van der Waals surface area (Å²) < 4.78 is 0. The molecule has 3 aliphatic carbocycles. The molecule has 9 aromatic carbocycles. The Balaban J connectivity index is 1.10. The molecule has 0 aliphatic heterocycles. The van der Waals surface area contributed by atoms with Crippen molar-refractivity contribution in [1.82, 2.24) is 0 Å². The normalized spacial score (nSPS) is 15.4. The summed E-state index contributed by atoms with van der Waals surface area (Å²) >= 11 is 0. The smallest absolute Gasteiger partial charge is 0.0720 e. The van der Waals surface area contributed by atoms with Crippen LogP contribution in [0.1, 0.15) is 72.2 Å². The predicted octanol–water partition coefficient (Wildman–Crippen LogP) is 15.3. The fraction of sp³-hybridized carbons (Fsp3) is 0.119. The van der Waals surface area contributed by atoms with Crippen LogP contribution in [0.4, 0.5) is 17.1 Å². The van der Waals surface area contributed by atoms with Crippen molar-refractivity contribution in [2.75, 3.05) is 4.90 Å². The van der Waals surface area contributed by atoms with Crippen LogP contribution in [0.25, 0.3) is 44.2 Å². The first kappa shape index (κ1) is 35.0. The van der Waals surface area contributed by atoms with Crippen LogP contribution in [0.2, 0.25) is 0 Å². The third-order valence-corrected chi connectivity index (χ3v) is 14.3. The van der Waals surface area contributed by atoms with Crippen molar-refractivity contribution in [2.45, 2.75) is 43.9 Å². The Morgan fingerprint density at radius 1 is 0.300 bits per heavy atom. The number of rotatable bonds is 4. The number of nitrogens with zero attached hydrogens (tertiary/aromatic N) is 1. The van der Waals surface area contributed by atoms with E-state index in [-0.39, 0.29) is 10.8 Å². The summed E-state index contributed by atoms with van der Waals surface area (Å²) in [6, 6.07) is 75.5. The van der Waals surface area contributed by atoms with Gasteiger partial charge in [0.1, 0.15) is 0 Å². The molecule has 0 amide bonds. The van der Waals surface area contributed by atoms with E-state index in [1.165, 1.54) is 88.7 Å². The van der Waals surface area contributed by atoms with Crippen molar-refractivity contribution in [3.8, 4) is 33.4 Å². The maximum absolute atomic E-state index is 2.52. The average molecular weight is 768 g/mol. The molecule has 9 aromatic rings. The van der Waals surface area contributed by atoms with Crippen LogP contribution in [0, 0.1) is 0 Å². The molecule has 0 aromatic heterocycles. The largest absolute Gasteiger partial charge is 0.310 e. The van der Waals surface area contributed by atoms with Gasteiger partial charge in [-0.15, -0.1) is 0 Å². The highest BCUT2D eigenvalue weighted by Gasteiger charge is 2.53. The Labute approximate surface area is 353 Å². The van der Waals surface area contributed by atoms with Crippen LogP contribution in [0.3, 0.4) is 0 Å². The molecule has 286 valence electrons. The minimum atomic E-state index is -0.476. The monoisotopic (exact) mass is 767 g/mol. The van der Waals surface area contributed by atoms with Crippen LogP contribution in [0.15, 0.2) is 200 Å². The van der Waals surface area contributed by atoms with Gasteiger partial charge in [-0.1, -0.05) is 191 Å². The van der Waals surface area contributed by atoms with E-state index in [9.17, 15) is 0 Å². The van der Waals surface area contributed by atoms with Crippen LogP contribution in [0.5, 0.6) is 0 Å². The average Bonchev–Trinajstić information content (AvgIpc) is 3.71. The highest BCUT2D eigenvalue weighted by atomic mass is 15.1. The number of fused-ring (bicyclic) bond motifs is 13. The lowest BCUT2D eigenvalue weighted by molar-refractivity contribution is 0.563. The van der Waals surface area contributed by atoms with Crippen molar-refractivity contribution in [2.24, 2.45) is 0 Å². The van der Waals surface area contributed by atoms with Gasteiger partial charge in [0, 0.05) is 27.9 Å². The van der Waals surface area contributed by atoms with Crippen LogP contribution in [-0.4, -0.2) is 0 Å². The van der Waals surface area contributed by atoms with E-state index >= 15 is 0 Å². The van der Waals surface area contributed by atoms with Gasteiger partial charge in [0.05, 0.1) is 5.41 Å². The zero-order valence-corrected chi connectivity index (χ0v) is 34.5. The molecule has 1 nitrogen and oxygen atoms in total. The lowest BCUT2D eigenvalue weighted by Crippen LogP contribution is -2.40. The standard InChI is InChI=1S/C59H45N/c1-57(2)49-22-9-7-19-45(49)47-34-32-41(36-55(47)57)60(40-30-28-39(29-31-40)44-21-15-17-38-16-5-6-18-43(38)44)42-33-35-48-46-20-8-10-23-50(46)59(56(48)37-42)53-26-13-11-24-51(53)58(3,4)52-25-12-14-27-54(52)59/h5-37H,1-4H3. The molecule has 0 fully saturated rings. The fourth-order valence-electron chi connectivity index (χ4n) is 11.5. The van der Waals surface area contributed by atoms with E-state index in [1.54, 1.807) is 0 Å². The van der Waals surface area contributed by atoms with Gasteiger partial charge < -0.3 is 4.90 Å². The van der Waals surface area contributed by atoms with Crippen molar-refractivity contribution < 1.29 is 0 Å². The highest BCUT2D eigenvalue weighted by molar-refractivity contribution is 5.97. The summed E-state index contributed by atoms with van der Waals surface area (Å²) in [5.74, 6) is 0. The van der Waals surface area contributed by atoms with Crippen molar-refractivity contribution in [3.63, 3.8) is 0 Å². The molecule has 0 unspecified atom stereocenters. The summed E-state index contributed by atoms with van der Waals surface area (Å²) in [5.41, 5.74) is 21.4. The molecule has 1 heteroatoms. The molecule has 0 saturated heterocycles. The molecular formula is C59H45N. The van der Waals surface area contributed by atoms with Gasteiger partial charge in [-0.05, 0) is 125 Å². The topological polar surface area (TPSA) is 3.24 Å². The molecule has 0 N–H and O–H groups in total. The van der Waals surface area contributed by atoms with Crippen LogP contribution >= 0.6 is 0 Å². The summed E-state index contributed by atoms with van der Waals surface area (Å²) in [4.78, 5) is 2.49. The second kappa shape index (κ2) is 12.5. The van der Waals surface area contributed by atoms with Gasteiger partial charge in [-0.25, -0.2) is 0 Å². The summed E-state index contributed by atoms with van der Waals surface area (Å²) in [7, 11) is 0. The fourth-order valence-corrected chi connectivity index (χ4v) is 11.5. The van der Waals surface area contributed by atoms with Crippen LogP contribution in [-0.2, 0) is 16.2 Å². The molecular weight excluding hydrogens is 723 g/mol. The lowest BCUT2D eigenvalue weighted by atomic mass is 9.55. The molecule has 12 rings (SSSR count). The Morgan fingerprint density at radius 3 is 1.40 bits per heavy atom. The first-order valence-corrected chi connectivity index (χ1v) is 21.3. The molecule has 1 spiro atoms. The second-order valence-corrected chi connectivity index (χ2v) is 18.1. The minimum absolute atomic E-state index is 0.127. The van der Waals surface area contributed by atoms with Crippen LogP contribution < -0.4 is 4.90 Å². The van der Waals surface area contributed by atoms with Gasteiger partial charge in [-0.2, -0.15) is 0 Å². The van der Waals surface area contributed by atoms with Gasteiger partial charge in [0.2, 0.25) is 0 Å². The van der Waals surface area contributed by atoms with E-state index in [0.717, 1.165) is 17.1 Å². The molecule has 0 atom stereocenters. The Bertz CT molecular complexity index is 3160. The number of anilines is 3. The number of hydrogen-bond donors (Lipinski definition) is 0. The predicted molar refractivity (Wildman–Crippen MR) is 251 cm³/mol. The Hall–Kier alpha value is -6.96. The maximum Gasteiger partial charge on any atom is 0.0720 e. The Morgan fingerprint density at radius 2 is 0.733 bits per heavy atom. The van der Waals surface area contributed by atoms with Gasteiger partial charge in [0.25, 0.3) is 0 Å². The van der Waals surface area contributed by atoms with E-state index in [2.05, 4.69) is 233 Å². The van der Waals surface area contributed by atoms with Gasteiger partial charge in [0.15, 0.2) is 0 Å². The maximum atomic E-state index is 2.52. The summed E-state index contributed by atoms with van der Waals surface area (Å²) in [6.45, 7) is 9.54. The molecule has 3 aliphatic rings. The van der Waals surface area contributed by atoms with Crippen molar-refractivity contribution in [3.05, 3.63) is 245 Å². The third kappa shape index (κ3) is 4.64. The highest BCUT2D eigenvalue weighted by Crippen LogP contribution is 2.63. The quantitative estimate of drug-likeness (QED) is 0.172. The number of benzene rings is 9. The van der Waals surface area contributed by atoms with E-state index in [1.807, 2.05) is 0 Å². The van der Waals surface area contributed by atoms with Gasteiger partial charge >= 0.3 is 0 Å². The summed E-state index contributed by atoms with van der Waals surface area (Å²) in [5, 5.41) is 2.52. The lowest BCUT2D eigenvalue weighted by Gasteiger charge is -2.46. The summed E-state index contributed by atoms with van der Waals surface area (Å²) in [6.07, 6.45) is 0. The first-order chi connectivity index (χ1) is 29.3. The van der Waals surface area contributed by atoms with Crippen molar-refractivity contribution >= 4 is 27.8 Å². The zero-order valence-electron chi connectivity index (χ0n) is 34.5. The molecule has 0 bridgehead atoms. The first-order valence-electron chi connectivity index (χ1n) is 21.3. The molecule has 0 radical (unpaired) electrons. The molecule has 0 heterocycles. The minimum Gasteiger partial charge on any atom is -0.310 e. The Kier molecular flexibility index (Phi) is 7.31. The molecule has 60 heavy (non-hydrogen) atoms. The second-order valence-electron chi connectivity index (χ2n) is 18.1. The SMILES string of the molecule is CC1(C)c2ccccc2-c2ccc(N(c3ccc(-c4cccc5ccccc45)cc3)c3ccc4c(c3)C3(c5ccccc5-4)c4ccccc4C(C)(C)c4ccccc43)cc21. The zero-order chi connectivity index (χ0) is 40.4. The number of hydrogen-bond acceptors (Lipinski definition) is 1. The molecule has 0 saturated carbocycles. The van der Waals surface area contributed by atoms with Gasteiger partial charge in [-0.3, -0.25) is 0 Å². The third-order valence-electron chi connectivity index (χ3n) is 14.3.